The Hall–Kier alpha value is -2.06. The molecule has 1 saturated heterocycles. The summed E-state index contributed by atoms with van der Waals surface area (Å²) in [4.78, 5) is 26.7. The summed E-state index contributed by atoms with van der Waals surface area (Å²) in [5, 5.41) is 9.61. The maximum Gasteiger partial charge on any atom is 0.494 e. The zero-order chi connectivity index (χ0) is 19.4. The maximum atomic E-state index is 12.1. The number of hydrogen-bond donors (Lipinski definition) is 1. The Kier molecular flexibility index (Phi) is 4.32. The van der Waals surface area contributed by atoms with Crippen LogP contribution < -0.4 is 15.3 Å². The van der Waals surface area contributed by atoms with Crippen molar-refractivity contribution in [2.45, 2.75) is 58.8 Å². The summed E-state index contributed by atoms with van der Waals surface area (Å²) < 4.78 is 12.1. The van der Waals surface area contributed by atoms with Crippen molar-refractivity contribution in [3.05, 3.63) is 18.2 Å². The molecular weight excluding hydrogens is 335 g/mol. The van der Waals surface area contributed by atoms with E-state index in [1.807, 2.05) is 40.7 Å². The van der Waals surface area contributed by atoms with E-state index in [0.717, 1.165) is 5.46 Å². The van der Waals surface area contributed by atoms with Crippen LogP contribution in [0.3, 0.4) is 0 Å². The molecule has 0 aliphatic carbocycles. The molecule has 3 rings (SSSR count). The van der Waals surface area contributed by atoms with Crippen LogP contribution >= 0.6 is 0 Å². The van der Waals surface area contributed by atoms with Crippen molar-refractivity contribution < 1.29 is 24.0 Å². The first-order valence-electron chi connectivity index (χ1n) is 8.74. The quantitative estimate of drug-likeness (QED) is 0.777. The predicted octanol–water partition coefficient (Wildman–Crippen LogP) is 2.23. The minimum absolute atomic E-state index is 0.118. The lowest BCUT2D eigenvalue weighted by Gasteiger charge is -2.39. The van der Waals surface area contributed by atoms with Crippen molar-refractivity contribution in [3.8, 4) is 0 Å². The fraction of sp³-hybridized carbons (Fsp3) is 0.556. The van der Waals surface area contributed by atoms with Gasteiger partial charge in [0.1, 0.15) is 0 Å². The van der Waals surface area contributed by atoms with Crippen molar-refractivity contribution in [3.63, 3.8) is 0 Å². The van der Waals surface area contributed by atoms with Crippen molar-refractivity contribution in [2.24, 2.45) is 0 Å². The fourth-order valence-electron chi connectivity index (χ4n) is 3.43. The number of carbonyl (C=O) groups is 2. The number of amides is 2. The van der Waals surface area contributed by atoms with Crippen molar-refractivity contribution in [1.82, 2.24) is 0 Å². The normalized spacial score (nSPS) is 23.8. The van der Waals surface area contributed by atoms with E-state index in [4.69, 9.17) is 9.31 Å². The molecule has 7 nitrogen and oxygen atoms in total. The lowest BCUT2D eigenvalue weighted by Crippen LogP contribution is -2.51. The number of nitrogens with zero attached hydrogens (tertiary/aromatic N) is 2. The Morgan fingerprint density at radius 3 is 2.23 bits per heavy atom. The maximum absolute atomic E-state index is 12.1. The Labute approximate surface area is 154 Å². The third-order valence-electron chi connectivity index (χ3n) is 5.53. The number of hydrogen-bond acceptors (Lipinski definition) is 4. The van der Waals surface area contributed by atoms with Gasteiger partial charge in [-0.2, -0.15) is 0 Å². The van der Waals surface area contributed by atoms with Gasteiger partial charge in [0.2, 0.25) is 5.91 Å². The molecule has 2 aliphatic rings. The minimum atomic E-state index is -1.05. The molecule has 2 heterocycles. The average molecular weight is 360 g/mol. The summed E-state index contributed by atoms with van der Waals surface area (Å²) in [6, 6.07) is 5.10. The molecule has 0 aromatic heterocycles. The highest BCUT2D eigenvalue weighted by Gasteiger charge is 2.52. The highest BCUT2D eigenvalue weighted by Crippen LogP contribution is 2.39. The molecule has 1 atom stereocenters. The first-order chi connectivity index (χ1) is 11.9. The molecule has 1 aromatic rings. The van der Waals surface area contributed by atoms with Crippen LogP contribution in [0.15, 0.2) is 18.2 Å². The Balaban J connectivity index is 2.04. The molecule has 26 heavy (non-hydrogen) atoms. The number of fused-ring (bicyclic) bond motifs is 1. The van der Waals surface area contributed by atoms with E-state index in [1.54, 1.807) is 17.0 Å². The van der Waals surface area contributed by atoms with Gasteiger partial charge in [-0.25, -0.2) is 4.79 Å². The zero-order valence-electron chi connectivity index (χ0n) is 16.1. The fourth-order valence-corrected chi connectivity index (χ4v) is 3.43. The summed E-state index contributed by atoms with van der Waals surface area (Å²) in [5.74, 6) is -0.118. The van der Waals surface area contributed by atoms with Gasteiger partial charge in [-0.05, 0) is 52.2 Å². The van der Waals surface area contributed by atoms with Crippen molar-refractivity contribution >= 4 is 36.0 Å². The average Bonchev–Trinajstić information content (AvgIpc) is 2.73. The van der Waals surface area contributed by atoms with Crippen LogP contribution in [0.2, 0.25) is 0 Å². The van der Waals surface area contributed by atoms with Crippen LogP contribution in [0.1, 0.15) is 41.5 Å². The highest BCUT2D eigenvalue weighted by molar-refractivity contribution is 6.62. The standard InChI is InChI=1S/C18H25BN2O5/c1-11-10-20(16(23)24)15-9-13(7-8-14(15)21(11)12(2)22)19-25-17(3,4)18(5,6)26-19/h7-9,11H,10H2,1-6H3,(H,23,24). The van der Waals surface area contributed by atoms with E-state index in [-0.39, 0.29) is 18.5 Å². The molecule has 140 valence electrons. The van der Waals surface area contributed by atoms with Crippen LogP contribution in [0.25, 0.3) is 0 Å². The third kappa shape index (κ3) is 2.87. The van der Waals surface area contributed by atoms with Gasteiger partial charge in [0.05, 0.1) is 28.6 Å². The third-order valence-corrected chi connectivity index (χ3v) is 5.53. The summed E-state index contributed by atoms with van der Waals surface area (Å²) in [7, 11) is -0.592. The Morgan fingerprint density at radius 2 is 1.73 bits per heavy atom. The van der Waals surface area contributed by atoms with Gasteiger partial charge in [0.25, 0.3) is 0 Å². The zero-order valence-corrected chi connectivity index (χ0v) is 16.1. The topological polar surface area (TPSA) is 79.3 Å². The van der Waals surface area contributed by atoms with E-state index in [0.29, 0.717) is 11.4 Å². The minimum Gasteiger partial charge on any atom is -0.465 e. The SMILES string of the molecule is CC(=O)N1c2ccc(B3OC(C)(C)C(C)(C)O3)cc2N(C(=O)O)CC1C. The molecule has 1 fully saturated rings. The van der Waals surface area contributed by atoms with Crippen molar-refractivity contribution in [2.75, 3.05) is 16.3 Å². The number of carbonyl (C=O) groups excluding carboxylic acids is 1. The van der Waals surface area contributed by atoms with E-state index in [2.05, 4.69) is 0 Å². The van der Waals surface area contributed by atoms with Crippen LogP contribution in [0.4, 0.5) is 16.2 Å². The lowest BCUT2D eigenvalue weighted by atomic mass is 9.78. The number of benzene rings is 1. The first-order valence-corrected chi connectivity index (χ1v) is 8.74. The molecule has 0 saturated carbocycles. The second-order valence-electron chi connectivity index (χ2n) is 7.97. The highest BCUT2D eigenvalue weighted by atomic mass is 16.7. The molecule has 0 spiro atoms. The molecular formula is C18H25BN2O5. The second kappa shape index (κ2) is 5.99. The van der Waals surface area contributed by atoms with Gasteiger partial charge >= 0.3 is 13.2 Å². The molecule has 0 radical (unpaired) electrons. The predicted molar refractivity (Wildman–Crippen MR) is 100 cm³/mol. The van der Waals surface area contributed by atoms with Crippen LogP contribution in [0, 0.1) is 0 Å². The van der Waals surface area contributed by atoms with Gasteiger partial charge in [-0.15, -0.1) is 0 Å². The number of anilines is 2. The molecule has 2 aliphatic heterocycles. The van der Waals surface area contributed by atoms with Crippen LogP contribution in [-0.4, -0.2) is 48.0 Å². The van der Waals surface area contributed by atoms with Crippen LogP contribution in [-0.2, 0) is 14.1 Å². The van der Waals surface area contributed by atoms with Gasteiger partial charge in [-0.3, -0.25) is 9.69 Å². The molecule has 1 N–H and O–H groups in total. The molecule has 1 aromatic carbocycles. The Bertz CT molecular complexity index is 748. The van der Waals surface area contributed by atoms with Gasteiger partial charge < -0.3 is 19.3 Å². The Morgan fingerprint density at radius 1 is 1.15 bits per heavy atom. The molecule has 0 bridgehead atoms. The number of rotatable bonds is 1. The summed E-state index contributed by atoms with van der Waals surface area (Å²) >= 11 is 0. The van der Waals surface area contributed by atoms with E-state index < -0.39 is 24.4 Å². The van der Waals surface area contributed by atoms with Gasteiger partial charge in [-0.1, -0.05) is 6.07 Å². The summed E-state index contributed by atoms with van der Waals surface area (Å²) in [6.45, 7) is 11.4. The lowest BCUT2D eigenvalue weighted by molar-refractivity contribution is -0.117. The van der Waals surface area contributed by atoms with Crippen LogP contribution in [0.5, 0.6) is 0 Å². The first kappa shape index (κ1) is 18.7. The number of carboxylic acid groups (broad SMARTS) is 1. The smallest absolute Gasteiger partial charge is 0.465 e. The van der Waals surface area contributed by atoms with Crippen molar-refractivity contribution in [1.29, 1.82) is 0 Å². The van der Waals surface area contributed by atoms with E-state index in [9.17, 15) is 14.7 Å². The largest absolute Gasteiger partial charge is 0.494 e. The van der Waals surface area contributed by atoms with E-state index in [1.165, 1.54) is 11.8 Å². The second-order valence-corrected chi connectivity index (χ2v) is 7.97. The summed E-state index contributed by atoms with van der Waals surface area (Å²) in [5.41, 5.74) is 0.809. The molecule has 2 amide bonds. The molecule has 8 heteroatoms. The van der Waals surface area contributed by atoms with Gasteiger partial charge in [0.15, 0.2) is 0 Å². The monoisotopic (exact) mass is 360 g/mol. The van der Waals surface area contributed by atoms with Gasteiger partial charge in [0, 0.05) is 13.5 Å². The molecule has 1 unspecified atom stereocenters. The summed E-state index contributed by atoms with van der Waals surface area (Å²) in [6.07, 6.45) is -1.05. The van der Waals surface area contributed by atoms with E-state index >= 15 is 0 Å².